The van der Waals surface area contributed by atoms with E-state index in [0.717, 1.165) is 12.8 Å². The molecule has 104 valence electrons. The molecule has 1 aromatic rings. The van der Waals surface area contributed by atoms with Gasteiger partial charge in [-0.3, -0.25) is 10.3 Å². The zero-order valence-electron chi connectivity index (χ0n) is 12.5. The average Bonchev–Trinajstić information content (AvgIpc) is 2.39. The molecule has 1 aromatic carbocycles. The van der Waals surface area contributed by atoms with Crippen molar-refractivity contribution in [2.24, 2.45) is 0 Å². The third-order valence-electron chi connectivity index (χ3n) is 3.87. The van der Waals surface area contributed by atoms with Crippen molar-refractivity contribution in [3.05, 3.63) is 47.2 Å². The summed E-state index contributed by atoms with van der Waals surface area (Å²) in [5.74, 6) is 0.643. The van der Waals surface area contributed by atoms with E-state index in [1.807, 2.05) is 0 Å². The molecule has 1 aliphatic rings. The van der Waals surface area contributed by atoms with Crippen molar-refractivity contribution >= 4 is 0 Å². The molecule has 0 aromatic heterocycles. The van der Waals surface area contributed by atoms with Crippen LogP contribution in [0.25, 0.3) is 0 Å². The Morgan fingerprint density at radius 2 is 2.05 bits per heavy atom. The molecule has 0 amide bonds. The van der Waals surface area contributed by atoms with Crippen LogP contribution < -0.4 is 5.48 Å². The lowest BCUT2D eigenvalue weighted by atomic mass is 9.81. The van der Waals surface area contributed by atoms with Gasteiger partial charge in [-0.2, -0.15) is 0 Å². The van der Waals surface area contributed by atoms with Crippen molar-refractivity contribution in [3.8, 4) is 0 Å². The number of allylic oxidation sites excluding steroid dienone is 2. The van der Waals surface area contributed by atoms with Crippen LogP contribution in [0.2, 0.25) is 0 Å². The Morgan fingerprint density at radius 3 is 2.63 bits per heavy atom. The maximum Gasteiger partial charge on any atom is 0.0636 e. The minimum atomic E-state index is 0.225. The van der Waals surface area contributed by atoms with Gasteiger partial charge in [0.1, 0.15) is 0 Å². The first-order valence-electron chi connectivity index (χ1n) is 7.09. The Labute approximate surface area is 116 Å². The summed E-state index contributed by atoms with van der Waals surface area (Å²) in [6.45, 7) is 6.81. The molecule has 1 atom stereocenters. The second-order valence-electron chi connectivity index (χ2n) is 6.38. The SMILES string of the molecule is CONC1=CCC(c2cccc(C(C)(C)C)c2)CC1. The summed E-state index contributed by atoms with van der Waals surface area (Å²) >= 11 is 0. The van der Waals surface area contributed by atoms with E-state index in [2.05, 4.69) is 56.6 Å². The standard InChI is InChI=1S/C17H25NO/c1-17(2,3)15-7-5-6-14(12-15)13-8-10-16(11-9-13)18-19-4/h5-7,10,12-13,18H,8-9,11H2,1-4H3. The Kier molecular flexibility index (Phi) is 4.31. The lowest BCUT2D eigenvalue weighted by Gasteiger charge is -2.25. The molecular formula is C17H25NO. The van der Waals surface area contributed by atoms with Gasteiger partial charge in [-0.1, -0.05) is 51.1 Å². The van der Waals surface area contributed by atoms with Gasteiger partial charge in [-0.15, -0.1) is 0 Å². The second kappa shape index (κ2) is 5.79. The zero-order chi connectivity index (χ0) is 13.9. The van der Waals surface area contributed by atoms with E-state index in [9.17, 15) is 0 Å². The van der Waals surface area contributed by atoms with Crippen molar-refractivity contribution in [1.29, 1.82) is 0 Å². The topological polar surface area (TPSA) is 21.3 Å². The van der Waals surface area contributed by atoms with Crippen molar-refractivity contribution in [1.82, 2.24) is 5.48 Å². The van der Waals surface area contributed by atoms with Gasteiger partial charge in [0, 0.05) is 5.70 Å². The first-order valence-corrected chi connectivity index (χ1v) is 7.09. The van der Waals surface area contributed by atoms with Crippen LogP contribution in [0.1, 0.15) is 57.1 Å². The van der Waals surface area contributed by atoms with Gasteiger partial charge >= 0.3 is 0 Å². The quantitative estimate of drug-likeness (QED) is 0.818. The van der Waals surface area contributed by atoms with Crippen LogP contribution in [0, 0.1) is 0 Å². The normalized spacial score (nSPS) is 20.0. The van der Waals surface area contributed by atoms with Gasteiger partial charge in [-0.05, 0) is 41.7 Å². The van der Waals surface area contributed by atoms with Gasteiger partial charge in [-0.25, -0.2) is 0 Å². The van der Waals surface area contributed by atoms with Crippen molar-refractivity contribution in [2.75, 3.05) is 7.11 Å². The summed E-state index contributed by atoms with van der Waals surface area (Å²) in [5.41, 5.74) is 7.29. The van der Waals surface area contributed by atoms with Crippen LogP contribution in [-0.2, 0) is 10.3 Å². The molecule has 0 spiro atoms. The number of rotatable bonds is 3. The number of hydrogen-bond donors (Lipinski definition) is 1. The monoisotopic (exact) mass is 259 g/mol. The maximum atomic E-state index is 4.97. The van der Waals surface area contributed by atoms with E-state index in [-0.39, 0.29) is 5.41 Å². The van der Waals surface area contributed by atoms with Gasteiger partial charge in [0.25, 0.3) is 0 Å². The first kappa shape index (κ1) is 14.1. The lowest BCUT2D eigenvalue weighted by Crippen LogP contribution is -2.16. The predicted octanol–water partition coefficient (Wildman–Crippen LogP) is 4.29. The highest BCUT2D eigenvalue weighted by Gasteiger charge is 2.19. The fourth-order valence-electron chi connectivity index (χ4n) is 2.62. The van der Waals surface area contributed by atoms with E-state index < -0.39 is 0 Å². The van der Waals surface area contributed by atoms with E-state index in [0.29, 0.717) is 5.92 Å². The fraction of sp³-hybridized carbons (Fsp3) is 0.529. The van der Waals surface area contributed by atoms with E-state index >= 15 is 0 Å². The zero-order valence-corrected chi connectivity index (χ0v) is 12.5. The summed E-state index contributed by atoms with van der Waals surface area (Å²) in [5, 5.41) is 0. The number of benzene rings is 1. The molecule has 0 fully saturated rings. The van der Waals surface area contributed by atoms with E-state index in [1.54, 1.807) is 7.11 Å². The third-order valence-corrected chi connectivity index (χ3v) is 3.87. The van der Waals surface area contributed by atoms with Crippen LogP contribution in [-0.4, -0.2) is 7.11 Å². The van der Waals surface area contributed by atoms with Crippen LogP contribution in [0.3, 0.4) is 0 Å². The van der Waals surface area contributed by atoms with Crippen LogP contribution in [0.4, 0.5) is 0 Å². The largest absolute Gasteiger partial charge is 0.280 e. The smallest absolute Gasteiger partial charge is 0.0636 e. The minimum absolute atomic E-state index is 0.225. The molecule has 1 unspecified atom stereocenters. The van der Waals surface area contributed by atoms with Gasteiger partial charge in [0.15, 0.2) is 0 Å². The Balaban J connectivity index is 2.12. The van der Waals surface area contributed by atoms with Crippen molar-refractivity contribution in [3.63, 3.8) is 0 Å². The highest BCUT2D eigenvalue weighted by molar-refractivity contribution is 5.32. The fourth-order valence-corrected chi connectivity index (χ4v) is 2.62. The summed E-state index contributed by atoms with van der Waals surface area (Å²) < 4.78 is 0. The van der Waals surface area contributed by atoms with Gasteiger partial charge in [0.05, 0.1) is 7.11 Å². The van der Waals surface area contributed by atoms with Gasteiger partial charge in [0.2, 0.25) is 0 Å². The molecule has 0 aliphatic heterocycles. The van der Waals surface area contributed by atoms with E-state index in [4.69, 9.17) is 4.84 Å². The molecule has 1 N–H and O–H groups in total. The molecular weight excluding hydrogens is 234 g/mol. The molecule has 2 rings (SSSR count). The summed E-state index contributed by atoms with van der Waals surface area (Å²) in [7, 11) is 1.67. The van der Waals surface area contributed by atoms with Crippen LogP contribution in [0.15, 0.2) is 36.0 Å². The molecule has 2 nitrogen and oxygen atoms in total. The summed E-state index contributed by atoms with van der Waals surface area (Å²) in [6.07, 6.45) is 5.62. The molecule has 2 heteroatoms. The van der Waals surface area contributed by atoms with Gasteiger partial charge < -0.3 is 0 Å². The molecule has 0 heterocycles. The van der Waals surface area contributed by atoms with Crippen LogP contribution >= 0.6 is 0 Å². The first-order chi connectivity index (χ1) is 9.00. The maximum absolute atomic E-state index is 4.97. The third kappa shape index (κ3) is 3.60. The Bertz CT molecular complexity index is 457. The molecule has 0 radical (unpaired) electrons. The van der Waals surface area contributed by atoms with E-state index in [1.165, 1.54) is 23.2 Å². The van der Waals surface area contributed by atoms with Crippen molar-refractivity contribution < 1.29 is 4.84 Å². The minimum Gasteiger partial charge on any atom is -0.280 e. The highest BCUT2D eigenvalue weighted by Crippen LogP contribution is 2.33. The number of nitrogens with one attached hydrogen (secondary N) is 1. The predicted molar refractivity (Wildman–Crippen MR) is 80.0 cm³/mol. The Hall–Kier alpha value is -1.28. The molecule has 0 saturated heterocycles. The molecule has 0 saturated carbocycles. The summed E-state index contributed by atoms with van der Waals surface area (Å²) in [6, 6.07) is 9.08. The van der Waals surface area contributed by atoms with Crippen LogP contribution in [0.5, 0.6) is 0 Å². The summed E-state index contributed by atoms with van der Waals surface area (Å²) in [4.78, 5) is 4.97. The molecule has 19 heavy (non-hydrogen) atoms. The highest BCUT2D eigenvalue weighted by atomic mass is 16.6. The lowest BCUT2D eigenvalue weighted by molar-refractivity contribution is 0.112. The molecule has 0 bridgehead atoms. The Morgan fingerprint density at radius 1 is 1.26 bits per heavy atom. The number of hydrogen-bond acceptors (Lipinski definition) is 2. The second-order valence-corrected chi connectivity index (χ2v) is 6.38. The molecule has 1 aliphatic carbocycles. The average molecular weight is 259 g/mol. The van der Waals surface area contributed by atoms with Crippen molar-refractivity contribution in [2.45, 2.75) is 51.4 Å². The number of hydroxylamine groups is 1.